The lowest BCUT2D eigenvalue weighted by atomic mass is 10.1. The molecule has 1 rings (SSSR count). The van der Waals surface area contributed by atoms with Crippen LogP contribution in [0.4, 0.5) is 0 Å². The molecule has 0 saturated carbocycles. The Kier molecular flexibility index (Phi) is 6.52. The minimum Gasteiger partial charge on any atom is -0.372 e. The molecular weight excluding hydrogens is 216 g/mol. The van der Waals surface area contributed by atoms with Crippen molar-refractivity contribution in [3.05, 3.63) is 0 Å². The van der Waals surface area contributed by atoms with Crippen molar-refractivity contribution in [3.8, 4) is 0 Å². The van der Waals surface area contributed by atoms with Crippen LogP contribution in [0.5, 0.6) is 0 Å². The van der Waals surface area contributed by atoms with E-state index in [1.54, 1.807) is 0 Å². The first-order chi connectivity index (χ1) is 8.09. The van der Waals surface area contributed by atoms with Gasteiger partial charge in [0, 0.05) is 12.6 Å². The molecule has 0 bridgehead atoms. The van der Waals surface area contributed by atoms with Gasteiger partial charge in [-0.2, -0.15) is 0 Å². The van der Waals surface area contributed by atoms with Gasteiger partial charge in [0.15, 0.2) is 0 Å². The Morgan fingerprint density at radius 1 is 1.47 bits per heavy atom. The van der Waals surface area contributed by atoms with Gasteiger partial charge in [0.2, 0.25) is 5.91 Å². The fourth-order valence-corrected chi connectivity index (χ4v) is 1.84. The minimum absolute atomic E-state index is 0.00394. The molecule has 1 fully saturated rings. The van der Waals surface area contributed by atoms with E-state index in [1.165, 1.54) is 6.42 Å². The van der Waals surface area contributed by atoms with E-state index in [1.807, 2.05) is 6.92 Å². The molecule has 4 heteroatoms. The second-order valence-corrected chi connectivity index (χ2v) is 5.30. The molecule has 0 aromatic rings. The average molecular weight is 242 g/mol. The van der Waals surface area contributed by atoms with Crippen LogP contribution in [0.15, 0.2) is 0 Å². The highest BCUT2D eigenvalue weighted by Gasteiger charge is 2.14. The molecule has 2 unspecified atom stereocenters. The molecule has 0 spiro atoms. The first-order valence-corrected chi connectivity index (χ1v) is 6.67. The Morgan fingerprint density at radius 2 is 2.24 bits per heavy atom. The second-order valence-electron chi connectivity index (χ2n) is 5.30. The fraction of sp³-hybridized carbons (Fsp3) is 0.923. The zero-order chi connectivity index (χ0) is 12.7. The Balaban J connectivity index is 1.99. The maximum atomic E-state index is 11.5. The lowest BCUT2D eigenvalue weighted by Gasteiger charge is -2.17. The molecular formula is C13H26N2O2. The van der Waals surface area contributed by atoms with Gasteiger partial charge in [-0.15, -0.1) is 0 Å². The highest BCUT2D eigenvalue weighted by Crippen LogP contribution is 2.11. The van der Waals surface area contributed by atoms with Crippen LogP contribution in [0.1, 0.15) is 33.6 Å². The van der Waals surface area contributed by atoms with E-state index in [4.69, 9.17) is 4.74 Å². The third kappa shape index (κ3) is 6.03. The fourth-order valence-electron chi connectivity index (χ4n) is 1.84. The monoisotopic (exact) mass is 242 g/mol. The van der Waals surface area contributed by atoms with Crippen molar-refractivity contribution in [2.75, 3.05) is 26.3 Å². The molecule has 2 atom stereocenters. The molecule has 1 aliphatic heterocycles. The van der Waals surface area contributed by atoms with Gasteiger partial charge < -0.3 is 15.4 Å². The van der Waals surface area contributed by atoms with E-state index in [9.17, 15) is 4.79 Å². The first-order valence-electron chi connectivity index (χ1n) is 6.67. The largest absolute Gasteiger partial charge is 0.372 e. The summed E-state index contributed by atoms with van der Waals surface area (Å²) in [5.41, 5.74) is 0. The molecule has 0 aliphatic carbocycles. The normalized spacial score (nSPS) is 21.8. The van der Waals surface area contributed by atoms with Gasteiger partial charge in [-0.1, -0.05) is 13.8 Å². The third-order valence-corrected chi connectivity index (χ3v) is 3.45. The van der Waals surface area contributed by atoms with Crippen LogP contribution in [0.3, 0.4) is 0 Å². The SMILES string of the molecule is CC(C)C(C)NC(=O)COCCC1CCNC1. The Morgan fingerprint density at radius 3 is 2.82 bits per heavy atom. The van der Waals surface area contributed by atoms with Crippen molar-refractivity contribution in [1.29, 1.82) is 0 Å². The summed E-state index contributed by atoms with van der Waals surface area (Å²) in [6, 6.07) is 0.213. The van der Waals surface area contributed by atoms with E-state index in [2.05, 4.69) is 24.5 Å². The predicted molar refractivity (Wildman–Crippen MR) is 68.9 cm³/mol. The molecule has 2 N–H and O–H groups in total. The summed E-state index contributed by atoms with van der Waals surface area (Å²) in [6.07, 6.45) is 2.29. The van der Waals surface area contributed by atoms with Crippen LogP contribution in [0.2, 0.25) is 0 Å². The van der Waals surface area contributed by atoms with Gasteiger partial charge in [-0.05, 0) is 44.7 Å². The smallest absolute Gasteiger partial charge is 0.246 e. The minimum atomic E-state index is -0.00394. The molecule has 0 aromatic carbocycles. The number of ether oxygens (including phenoxy) is 1. The second kappa shape index (κ2) is 7.67. The quantitative estimate of drug-likeness (QED) is 0.659. The van der Waals surface area contributed by atoms with Crippen LogP contribution >= 0.6 is 0 Å². The number of nitrogens with one attached hydrogen (secondary N) is 2. The van der Waals surface area contributed by atoms with Gasteiger partial charge in [0.25, 0.3) is 0 Å². The van der Waals surface area contributed by atoms with Crippen LogP contribution in [-0.2, 0) is 9.53 Å². The van der Waals surface area contributed by atoms with Gasteiger partial charge in [-0.25, -0.2) is 0 Å². The van der Waals surface area contributed by atoms with Crippen molar-refractivity contribution in [2.45, 2.75) is 39.7 Å². The first kappa shape index (κ1) is 14.5. The van der Waals surface area contributed by atoms with Gasteiger partial charge in [-0.3, -0.25) is 4.79 Å². The lowest BCUT2D eigenvalue weighted by Crippen LogP contribution is -2.38. The van der Waals surface area contributed by atoms with Crippen LogP contribution in [0.25, 0.3) is 0 Å². The summed E-state index contributed by atoms with van der Waals surface area (Å²) in [4.78, 5) is 11.5. The van der Waals surface area contributed by atoms with Crippen LogP contribution < -0.4 is 10.6 Å². The topological polar surface area (TPSA) is 50.4 Å². The molecule has 1 aliphatic rings. The van der Waals surface area contributed by atoms with E-state index in [0.717, 1.165) is 25.4 Å². The molecule has 1 saturated heterocycles. The maximum Gasteiger partial charge on any atom is 0.246 e. The molecule has 0 aromatic heterocycles. The number of carbonyl (C=O) groups is 1. The van der Waals surface area contributed by atoms with Gasteiger partial charge in [0.1, 0.15) is 6.61 Å². The summed E-state index contributed by atoms with van der Waals surface area (Å²) in [5.74, 6) is 1.19. The predicted octanol–water partition coefficient (Wildman–Crippen LogP) is 1.16. The van der Waals surface area contributed by atoms with Crippen molar-refractivity contribution in [1.82, 2.24) is 10.6 Å². The average Bonchev–Trinajstić information content (AvgIpc) is 2.77. The van der Waals surface area contributed by atoms with Crippen LogP contribution in [-0.4, -0.2) is 38.3 Å². The number of hydrogen-bond acceptors (Lipinski definition) is 3. The molecule has 1 heterocycles. The summed E-state index contributed by atoms with van der Waals surface area (Å²) in [5, 5.41) is 6.26. The van der Waals surface area contributed by atoms with Gasteiger partial charge >= 0.3 is 0 Å². The number of carbonyl (C=O) groups excluding carboxylic acids is 1. The van der Waals surface area contributed by atoms with Gasteiger partial charge in [0.05, 0.1) is 0 Å². The number of amides is 1. The number of rotatable bonds is 7. The van der Waals surface area contributed by atoms with Crippen molar-refractivity contribution >= 4 is 5.91 Å². The highest BCUT2D eigenvalue weighted by molar-refractivity contribution is 5.77. The molecule has 100 valence electrons. The van der Waals surface area contributed by atoms with E-state index in [0.29, 0.717) is 12.5 Å². The molecule has 4 nitrogen and oxygen atoms in total. The van der Waals surface area contributed by atoms with E-state index >= 15 is 0 Å². The lowest BCUT2D eigenvalue weighted by molar-refractivity contribution is -0.126. The number of hydrogen-bond donors (Lipinski definition) is 2. The Hall–Kier alpha value is -0.610. The third-order valence-electron chi connectivity index (χ3n) is 3.45. The molecule has 0 radical (unpaired) electrons. The Labute approximate surface area is 104 Å². The van der Waals surface area contributed by atoms with Crippen LogP contribution in [0, 0.1) is 11.8 Å². The summed E-state index contributed by atoms with van der Waals surface area (Å²) in [6.45, 7) is 9.31. The maximum absolute atomic E-state index is 11.5. The Bertz CT molecular complexity index is 225. The molecule has 1 amide bonds. The molecule has 17 heavy (non-hydrogen) atoms. The van der Waals surface area contributed by atoms with Crippen molar-refractivity contribution in [3.63, 3.8) is 0 Å². The van der Waals surface area contributed by atoms with Crippen molar-refractivity contribution < 1.29 is 9.53 Å². The van der Waals surface area contributed by atoms with E-state index in [-0.39, 0.29) is 18.6 Å². The van der Waals surface area contributed by atoms with Crippen molar-refractivity contribution in [2.24, 2.45) is 11.8 Å². The highest BCUT2D eigenvalue weighted by atomic mass is 16.5. The summed E-state index contributed by atoms with van der Waals surface area (Å²) < 4.78 is 5.40. The summed E-state index contributed by atoms with van der Waals surface area (Å²) in [7, 11) is 0. The standard InChI is InChI=1S/C13H26N2O2/c1-10(2)11(3)15-13(16)9-17-7-5-12-4-6-14-8-12/h10-12,14H,4-9H2,1-3H3,(H,15,16). The zero-order valence-electron chi connectivity index (χ0n) is 11.3. The zero-order valence-corrected chi connectivity index (χ0v) is 11.3. The summed E-state index contributed by atoms with van der Waals surface area (Å²) >= 11 is 0. The van der Waals surface area contributed by atoms with E-state index < -0.39 is 0 Å².